The van der Waals surface area contributed by atoms with Crippen molar-refractivity contribution in [1.82, 2.24) is 5.32 Å². The summed E-state index contributed by atoms with van der Waals surface area (Å²) < 4.78 is 10.5. The summed E-state index contributed by atoms with van der Waals surface area (Å²) in [7, 11) is 3.25. The van der Waals surface area contributed by atoms with Gasteiger partial charge in [0.2, 0.25) is 5.91 Å². The van der Waals surface area contributed by atoms with Crippen LogP contribution < -0.4 is 14.8 Å². The molecule has 0 aromatic heterocycles. The van der Waals surface area contributed by atoms with Gasteiger partial charge in [-0.15, -0.1) is 0 Å². The van der Waals surface area contributed by atoms with Gasteiger partial charge in [-0.1, -0.05) is 12.5 Å². The smallest absolute Gasteiger partial charge is 0.220 e. The monoisotopic (exact) mass is 303 g/mol. The predicted octanol–water partition coefficient (Wildman–Crippen LogP) is 2.94. The lowest BCUT2D eigenvalue weighted by Gasteiger charge is -2.22. The standard InChI is InChI=1S/C18H25NO3/c1-21-16-7-4-12(11-17(16)22-2)5-8-18(20)19-15-10-13-3-6-14(15)9-13/h4,7,11,13-15H,3,5-6,8-10H2,1-2H3,(H,19,20)/t13-,14+,15+/m0/s1. The van der Waals surface area contributed by atoms with Gasteiger partial charge in [0.1, 0.15) is 0 Å². The third-order valence-electron chi connectivity index (χ3n) is 5.17. The quantitative estimate of drug-likeness (QED) is 0.879. The van der Waals surface area contributed by atoms with Gasteiger partial charge >= 0.3 is 0 Å². The van der Waals surface area contributed by atoms with Gasteiger partial charge in [0.05, 0.1) is 14.2 Å². The number of carbonyl (C=O) groups is 1. The van der Waals surface area contributed by atoms with Crippen molar-refractivity contribution in [1.29, 1.82) is 0 Å². The van der Waals surface area contributed by atoms with Gasteiger partial charge in [-0.25, -0.2) is 0 Å². The maximum absolute atomic E-state index is 12.2. The van der Waals surface area contributed by atoms with Crippen LogP contribution in [0.15, 0.2) is 18.2 Å². The number of carbonyl (C=O) groups excluding carboxylic acids is 1. The van der Waals surface area contributed by atoms with Gasteiger partial charge in [0.15, 0.2) is 11.5 Å². The Morgan fingerprint density at radius 1 is 1.18 bits per heavy atom. The van der Waals surface area contributed by atoms with E-state index in [1.54, 1.807) is 14.2 Å². The average molecular weight is 303 g/mol. The van der Waals surface area contributed by atoms with E-state index in [1.807, 2.05) is 18.2 Å². The van der Waals surface area contributed by atoms with Crippen molar-refractivity contribution in [2.24, 2.45) is 11.8 Å². The molecule has 2 aliphatic carbocycles. The molecule has 22 heavy (non-hydrogen) atoms. The topological polar surface area (TPSA) is 47.6 Å². The van der Waals surface area contributed by atoms with Crippen LogP contribution in [0.1, 0.15) is 37.7 Å². The van der Waals surface area contributed by atoms with Crippen molar-refractivity contribution in [2.45, 2.75) is 44.6 Å². The fourth-order valence-corrected chi connectivity index (χ4v) is 3.99. The molecule has 0 spiro atoms. The minimum atomic E-state index is 0.173. The first-order chi connectivity index (χ1) is 10.7. The van der Waals surface area contributed by atoms with Gasteiger partial charge in [0.25, 0.3) is 0 Å². The number of fused-ring (bicyclic) bond motifs is 2. The molecule has 0 radical (unpaired) electrons. The average Bonchev–Trinajstić information content (AvgIpc) is 3.15. The number of hydrogen-bond donors (Lipinski definition) is 1. The summed E-state index contributed by atoms with van der Waals surface area (Å²) in [5, 5.41) is 3.24. The lowest BCUT2D eigenvalue weighted by atomic mass is 9.95. The zero-order chi connectivity index (χ0) is 15.5. The number of amides is 1. The second-order valence-electron chi connectivity index (χ2n) is 6.54. The van der Waals surface area contributed by atoms with Crippen molar-refractivity contribution >= 4 is 5.91 Å². The van der Waals surface area contributed by atoms with Gasteiger partial charge in [-0.05, 0) is 55.2 Å². The molecule has 3 atom stereocenters. The highest BCUT2D eigenvalue weighted by molar-refractivity contribution is 5.76. The fourth-order valence-electron chi connectivity index (χ4n) is 3.99. The predicted molar refractivity (Wildman–Crippen MR) is 85.2 cm³/mol. The number of methoxy groups -OCH3 is 2. The minimum Gasteiger partial charge on any atom is -0.493 e. The van der Waals surface area contributed by atoms with E-state index >= 15 is 0 Å². The van der Waals surface area contributed by atoms with Crippen LogP contribution in [0.2, 0.25) is 0 Å². The number of rotatable bonds is 6. The molecule has 2 bridgehead atoms. The van der Waals surface area contributed by atoms with Gasteiger partial charge in [-0.3, -0.25) is 4.79 Å². The van der Waals surface area contributed by atoms with Crippen LogP contribution in [0, 0.1) is 11.8 Å². The summed E-state index contributed by atoms with van der Waals surface area (Å²) in [6.07, 6.45) is 6.43. The molecule has 0 unspecified atom stereocenters. The third kappa shape index (κ3) is 3.21. The Morgan fingerprint density at radius 2 is 2.00 bits per heavy atom. The number of ether oxygens (including phenoxy) is 2. The van der Waals surface area contributed by atoms with Crippen molar-refractivity contribution in [2.75, 3.05) is 14.2 Å². The van der Waals surface area contributed by atoms with Crippen LogP contribution in [0.5, 0.6) is 11.5 Å². The van der Waals surface area contributed by atoms with Gasteiger partial charge in [0, 0.05) is 12.5 Å². The minimum absolute atomic E-state index is 0.173. The molecule has 2 saturated carbocycles. The summed E-state index contributed by atoms with van der Waals surface area (Å²) in [5.41, 5.74) is 1.10. The first-order valence-electron chi connectivity index (χ1n) is 8.20. The maximum atomic E-state index is 12.2. The van der Waals surface area contributed by atoms with Crippen molar-refractivity contribution < 1.29 is 14.3 Å². The summed E-state index contributed by atoms with van der Waals surface area (Å²) in [5.74, 6) is 3.20. The molecule has 0 heterocycles. The lowest BCUT2D eigenvalue weighted by molar-refractivity contribution is -0.122. The Hall–Kier alpha value is -1.71. The Morgan fingerprint density at radius 3 is 2.64 bits per heavy atom. The second-order valence-corrected chi connectivity index (χ2v) is 6.54. The van der Waals surface area contributed by atoms with Crippen LogP contribution in [-0.2, 0) is 11.2 Å². The molecule has 1 amide bonds. The number of benzene rings is 1. The van der Waals surface area contributed by atoms with E-state index in [-0.39, 0.29) is 5.91 Å². The number of hydrogen-bond acceptors (Lipinski definition) is 3. The molecule has 1 aromatic carbocycles. The van der Waals surface area contributed by atoms with E-state index in [1.165, 1.54) is 25.7 Å². The summed E-state index contributed by atoms with van der Waals surface area (Å²) in [4.78, 5) is 12.2. The SMILES string of the molecule is COc1ccc(CCC(=O)N[C@@H]2C[C@H]3CC[C@@H]2C3)cc1OC. The Kier molecular flexibility index (Phi) is 4.55. The zero-order valence-corrected chi connectivity index (χ0v) is 13.4. The molecule has 4 heteroatoms. The zero-order valence-electron chi connectivity index (χ0n) is 13.4. The molecule has 3 rings (SSSR count). The van der Waals surface area contributed by atoms with E-state index in [0.29, 0.717) is 18.2 Å². The van der Waals surface area contributed by atoms with Gasteiger partial charge < -0.3 is 14.8 Å². The number of aryl methyl sites for hydroxylation is 1. The van der Waals surface area contributed by atoms with Crippen LogP contribution >= 0.6 is 0 Å². The highest BCUT2D eigenvalue weighted by atomic mass is 16.5. The first kappa shape index (κ1) is 15.2. The molecular formula is C18H25NO3. The Balaban J connectivity index is 1.50. The van der Waals surface area contributed by atoms with E-state index in [9.17, 15) is 4.79 Å². The van der Waals surface area contributed by atoms with Crippen molar-refractivity contribution in [3.05, 3.63) is 23.8 Å². The molecule has 0 saturated heterocycles. The van der Waals surface area contributed by atoms with Crippen molar-refractivity contribution in [3.63, 3.8) is 0 Å². The molecule has 1 N–H and O–H groups in total. The lowest BCUT2D eigenvalue weighted by Crippen LogP contribution is -2.38. The van der Waals surface area contributed by atoms with Gasteiger partial charge in [-0.2, -0.15) is 0 Å². The van der Waals surface area contributed by atoms with E-state index in [4.69, 9.17) is 9.47 Å². The number of nitrogens with one attached hydrogen (secondary N) is 1. The highest BCUT2D eigenvalue weighted by Gasteiger charge is 2.39. The fraction of sp³-hybridized carbons (Fsp3) is 0.611. The summed E-state index contributed by atoms with van der Waals surface area (Å²) in [6, 6.07) is 6.26. The first-order valence-corrected chi connectivity index (χ1v) is 8.20. The van der Waals surface area contributed by atoms with Crippen LogP contribution in [0.3, 0.4) is 0 Å². The van der Waals surface area contributed by atoms with Crippen LogP contribution in [-0.4, -0.2) is 26.2 Å². The van der Waals surface area contributed by atoms with E-state index in [0.717, 1.165) is 29.6 Å². The van der Waals surface area contributed by atoms with E-state index < -0.39 is 0 Å². The van der Waals surface area contributed by atoms with Crippen molar-refractivity contribution in [3.8, 4) is 11.5 Å². The molecule has 4 nitrogen and oxygen atoms in total. The summed E-state index contributed by atoms with van der Waals surface area (Å²) in [6.45, 7) is 0. The van der Waals surface area contributed by atoms with Crippen LogP contribution in [0.4, 0.5) is 0 Å². The van der Waals surface area contributed by atoms with E-state index in [2.05, 4.69) is 5.32 Å². The third-order valence-corrected chi connectivity index (χ3v) is 5.17. The largest absolute Gasteiger partial charge is 0.493 e. The molecule has 0 aliphatic heterocycles. The second kappa shape index (κ2) is 6.59. The molecular weight excluding hydrogens is 278 g/mol. The Labute approximate surface area is 132 Å². The molecule has 120 valence electrons. The summed E-state index contributed by atoms with van der Waals surface area (Å²) >= 11 is 0. The van der Waals surface area contributed by atoms with Crippen LogP contribution in [0.25, 0.3) is 0 Å². The molecule has 2 aliphatic rings. The molecule has 1 aromatic rings. The normalized spacial score (nSPS) is 26.0. The maximum Gasteiger partial charge on any atom is 0.220 e. The Bertz CT molecular complexity index is 543. The highest BCUT2D eigenvalue weighted by Crippen LogP contribution is 2.44. The molecule has 2 fully saturated rings.